The summed E-state index contributed by atoms with van der Waals surface area (Å²) in [6.45, 7) is 3.13. The molecule has 0 radical (unpaired) electrons. The fourth-order valence-corrected chi connectivity index (χ4v) is 4.23. The maximum atomic E-state index is 5.51. The van der Waals surface area contributed by atoms with Gasteiger partial charge in [0, 0.05) is 11.8 Å². The van der Waals surface area contributed by atoms with Crippen LogP contribution in [0, 0.1) is 0 Å². The van der Waals surface area contributed by atoms with Crippen LogP contribution in [0.3, 0.4) is 0 Å². The van der Waals surface area contributed by atoms with Crippen molar-refractivity contribution in [2.24, 2.45) is 0 Å². The summed E-state index contributed by atoms with van der Waals surface area (Å²) < 4.78 is 7.62. The molecule has 0 spiro atoms. The summed E-state index contributed by atoms with van der Waals surface area (Å²) >= 11 is 2.08. The molecular formula is C14H25N3OS. The lowest BCUT2D eigenvalue weighted by Gasteiger charge is -2.30. The Morgan fingerprint density at radius 2 is 2.42 bits per heavy atom. The molecule has 2 heterocycles. The van der Waals surface area contributed by atoms with E-state index in [0.29, 0.717) is 11.3 Å². The Morgan fingerprint density at radius 3 is 3.00 bits per heavy atom. The molecule has 108 valence electrons. The molecule has 0 bridgehead atoms. The molecule has 1 fully saturated rings. The van der Waals surface area contributed by atoms with E-state index in [0.717, 1.165) is 18.7 Å². The van der Waals surface area contributed by atoms with E-state index in [1.807, 2.05) is 13.2 Å². The molecule has 19 heavy (non-hydrogen) atoms. The van der Waals surface area contributed by atoms with Gasteiger partial charge in [0.1, 0.15) is 0 Å². The van der Waals surface area contributed by atoms with E-state index in [9.17, 15) is 0 Å². The average Bonchev–Trinajstić information content (AvgIpc) is 2.85. The highest BCUT2D eigenvalue weighted by Gasteiger charge is 2.29. The van der Waals surface area contributed by atoms with Crippen molar-refractivity contribution in [2.45, 2.75) is 50.4 Å². The summed E-state index contributed by atoms with van der Waals surface area (Å²) in [7, 11) is 3.78. The molecule has 4 nitrogen and oxygen atoms in total. The van der Waals surface area contributed by atoms with Gasteiger partial charge in [-0.1, -0.05) is 13.3 Å². The molecule has 0 aliphatic carbocycles. The minimum Gasteiger partial charge on any atom is -0.493 e. The molecule has 1 N–H and O–H groups in total. The molecule has 0 amide bonds. The number of hydrogen-bond donors (Lipinski definition) is 1. The second-order valence-electron chi connectivity index (χ2n) is 4.99. The van der Waals surface area contributed by atoms with Gasteiger partial charge in [-0.25, -0.2) is 0 Å². The molecule has 1 aromatic heterocycles. The summed E-state index contributed by atoms with van der Waals surface area (Å²) in [4.78, 5) is 0. The lowest BCUT2D eigenvalue weighted by molar-refractivity contribution is 0.387. The highest BCUT2D eigenvalue weighted by Crippen LogP contribution is 2.37. The van der Waals surface area contributed by atoms with Crippen LogP contribution in [0.2, 0.25) is 0 Å². The molecule has 1 saturated heterocycles. The number of nitrogens with zero attached hydrogens (tertiary/aromatic N) is 2. The van der Waals surface area contributed by atoms with Crippen LogP contribution in [0.1, 0.15) is 44.3 Å². The fraction of sp³-hybridized carbons (Fsp3) is 0.786. The zero-order chi connectivity index (χ0) is 13.7. The SMILES string of the molecule is CCCn1ncc(OC)c1C(NC)C1CCCCS1. The molecule has 1 aliphatic heterocycles. The van der Waals surface area contributed by atoms with Gasteiger partial charge in [-0.15, -0.1) is 0 Å². The van der Waals surface area contributed by atoms with Crippen LogP contribution in [0.25, 0.3) is 0 Å². The van der Waals surface area contributed by atoms with E-state index >= 15 is 0 Å². The molecule has 5 heteroatoms. The lowest BCUT2D eigenvalue weighted by atomic mass is 10.0. The minimum absolute atomic E-state index is 0.328. The number of rotatable bonds is 6. The number of methoxy groups -OCH3 is 1. The topological polar surface area (TPSA) is 39.1 Å². The van der Waals surface area contributed by atoms with Crippen LogP contribution in [0.4, 0.5) is 0 Å². The summed E-state index contributed by atoms with van der Waals surface area (Å²) in [5.41, 5.74) is 1.21. The monoisotopic (exact) mass is 283 g/mol. The number of aromatic nitrogens is 2. The van der Waals surface area contributed by atoms with Gasteiger partial charge in [0.05, 0.1) is 25.0 Å². The van der Waals surface area contributed by atoms with Gasteiger partial charge in [0.15, 0.2) is 5.75 Å². The van der Waals surface area contributed by atoms with Crippen LogP contribution in [-0.4, -0.2) is 34.9 Å². The van der Waals surface area contributed by atoms with Crippen molar-refractivity contribution < 1.29 is 4.74 Å². The summed E-state index contributed by atoms with van der Waals surface area (Å²) in [5.74, 6) is 2.19. The van der Waals surface area contributed by atoms with Crippen molar-refractivity contribution in [1.29, 1.82) is 0 Å². The van der Waals surface area contributed by atoms with E-state index < -0.39 is 0 Å². The van der Waals surface area contributed by atoms with Gasteiger partial charge in [0.2, 0.25) is 0 Å². The first kappa shape index (κ1) is 14.7. The van der Waals surface area contributed by atoms with Crippen LogP contribution < -0.4 is 10.1 Å². The van der Waals surface area contributed by atoms with Crippen molar-refractivity contribution in [3.05, 3.63) is 11.9 Å². The summed E-state index contributed by atoms with van der Waals surface area (Å²) in [6, 6.07) is 0.328. The van der Waals surface area contributed by atoms with Crippen LogP contribution in [0.15, 0.2) is 6.20 Å². The fourth-order valence-electron chi connectivity index (χ4n) is 2.77. The highest BCUT2D eigenvalue weighted by atomic mass is 32.2. The van der Waals surface area contributed by atoms with Crippen molar-refractivity contribution in [3.63, 3.8) is 0 Å². The molecule has 0 saturated carbocycles. The third kappa shape index (κ3) is 3.26. The Hall–Kier alpha value is -0.680. The van der Waals surface area contributed by atoms with E-state index in [-0.39, 0.29) is 0 Å². The van der Waals surface area contributed by atoms with Gasteiger partial charge >= 0.3 is 0 Å². The Balaban J connectivity index is 2.26. The third-order valence-electron chi connectivity index (χ3n) is 3.69. The molecule has 2 atom stereocenters. The quantitative estimate of drug-likeness (QED) is 0.871. The largest absolute Gasteiger partial charge is 0.493 e. The molecular weight excluding hydrogens is 258 g/mol. The van der Waals surface area contributed by atoms with Crippen molar-refractivity contribution >= 4 is 11.8 Å². The van der Waals surface area contributed by atoms with Crippen molar-refractivity contribution in [3.8, 4) is 5.75 Å². The Kier molecular flexibility index (Phi) is 5.58. The van der Waals surface area contributed by atoms with E-state index in [2.05, 4.69) is 33.8 Å². The van der Waals surface area contributed by atoms with Crippen molar-refractivity contribution in [2.75, 3.05) is 19.9 Å². The first-order chi connectivity index (χ1) is 9.31. The first-order valence-electron chi connectivity index (χ1n) is 7.20. The number of aryl methyl sites for hydroxylation is 1. The lowest BCUT2D eigenvalue weighted by Crippen LogP contribution is -2.31. The smallest absolute Gasteiger partial charge is 0.161 e. The van der Waals surface area contributed by atoms with Crippen LogP contribution in [-0.2, 0) is 6.54 Å². The van der Waals surface area contributed by atoms with Gasteiger partial charge in [-0.05, 0) is 32.1 Å². The predicted molar refractivity (Wildman–Crippen MR) is 81.0 cm³/mol. The number of thioether (sulfide) groups is 1. The molecule has 1 aromatic rings. The maximum Gasteiger partial charge on any atom is 0.161 e. The third-order valence-corrected chi connectivity index (χ3v) is 5.15. The second-order valence-corrected chi connectivity index (χ2v) is 6.34. The zero-order valence-corrected chi connectivity index (χ0v) is 13.0. The van der Waals surface area contributed by atoms with Crippen LogP contribution in [0.5, 0.6) is 5.75 Å². The van der Waals surface area contributed by atoms with Gasteiger partial charge in [-0.3, -0.25) is 4.68 Å². The summed E-state index contributed by atoms with van der Waals surface area (Å²) in [6.07, 6.45) is 6.90. The molecule has 2 unspecified atom stereocenters. The minimum atomic E-state index is 0.328. The first-order valence-corrected chi connectivity index (χ1v) is 8.25. The zero-order valence-electron chi connectivity index (χ0n) is 12.2. The highest BCUT2D eigenvalue weighted by molar-refractivity contribution is 8.00. The summed E-state index contributed by atoms with van der Waals surface area (Å²) in [5, 5.41) is 8.59. The van der Waals surface area contributed by atoms with Gasteiger partial charge in [0.25, 0.3) is 0 Å². The van der Waals surface area contributed by atoms with Crippen LogP contribution >= 0.6 is 11.8 Å². The van der Waals surface area contributed by atoms with E-state index in [4.69, 9.17) is 4.74 Å². The normalized spacial score (nSPS) is 21.3. The second kappa shape index (κ2) is 7.20. The standard InChI is InChI=1S/C14H25N3OS/c1-4-8-17-14(11(18-3)10-16-17)13(15-2)12-7-5-6-9-19-12/h10,12-13,15H,4-9H2,1-3H3. The maximum absolute atomic E-state index is 5.51. The number of nitrogens with one attached hydrogen (secondary N) is 1. The van der Waals surface area contributed by atoms with Gasteiger partial charge in [-0.2, -0.15) is 16.9 Å². The number of hydrogen-bond acceptors (Lipinski definition) is 4. The molecule has 2 rings (SSSR count). The molecule has 1 aliphatic rings. The average molecular weight is 283 g/mol. The predicted octanol–water partition coefficient (Wildman–Crippen LogP) is 2.85. The molecule has 0 aromatic carbocycles. The Labute approximate surface area is 120 Å². The van der Waals surface area contributed by atoms with E-state index in [1.54, 1.807) is 7.11 Å². The Morgan fingerprint density at radius 1 is 1.58 bits per heavy atom. The van der Waals surface area contributed by atoms with Gasteiger partial charge < -0.3 is 10.1 Å². The van der Waals surface area contributed by atoms with Crippen molar-refractivity contribution in [1.82, 2.24) is 15.1 Å². The number of ether oxygens (including phenoxy) is 1. The van der Waals surface area contributed by atoms with E-state index in [1.165, 1.54) is 30.7 Å². The Bertz CT molecular complexity index is 388.